The Bertz CT molecular complexity index is 434. The van der Waals surface area contributed by atoms with Crippen molar-refractivity contribution in [2.24, 2.45) is 0 Å². The molecule has 2 rings (SSSR count). The van der Waals surface area contributed by atoms with Gasteiger partial charge in [-0.3, -0.25) is 0 Å². The Morgan fingerprint density at radius 2 is 1.79 bits per heavy atom. The van der Waals surface area contributed by atoms with Crippen LogP contribution in [0, 0.1) is 0 Å². The van der Waals surface area contributed by atoms with Gasteiger partial charge in [-0.2, -0.15) is 0 Å². The summed E-state index contributed by atoms with van der Waals surface area (Å²) < 4.78 is 0. The predicted molar refractivity (Wildman–Crippen MR) is 62.0 cm³/mol. The summed E-state index contributed by atoms with van der Waals surface area (Å²) in [5.41, 5.74) is 0. The van der Waals surface area contributed by atoms with Crippen LogP contribution in [0.1, 0.15) is 6.92 Å². The van der Waals surface area contributed by atoms with Crippen molar-refractivity contribution in [3.63, 3.8) is 0 Å². The number of rotatable bonds is 2. The minimum atomic E-state index is -1.33. The molecule has 0 fully saturated rings. The number of hydrogen-bond acceptors (Lipinski definition) is 1. The van der Waals surface area contributed by atoms with Crippen LogP contribution in [0.2, 0.25) is 6.04 Å². The van der Waals surface area contributed by atoms with Crippen molar-refractivity contribution in [3.05, 3.63) is 42.5 Å². The van der Waals surface area contributed by atoms with E-state index in [1.54, 1.807) is 0 Å². The highest BCUT2D eigenvalue weighted by Crippen LogP contribution is 2.11. The van der Waals surface area contributed by atoms with E-state index < -0.39 is 9.04 Å². The molecule has 2 aromatic rings. The molecule has 0 aliphatic carbocycles. The zero-order valence-electron chi connectivity index (χ0n) is 8.20. The van der Waals surface area contributed by atoms with Crippen LogP contribution in [-0.2, 0) is 0 Å². The first-order valence-electron chi connectivity index (χ1n) is 4.86. The molecular weight excluding hydrogens is 188 g/mol. The first-order chi connectivity index (χ1) is 6.83. The van der Waals surface area contributed by atoms with Crippen LogP contribution >= 0.6 is 0 Å². The van der Waals surface area contributed by atoms with E-state index in [2.05, 4.69) is 18.2 Å². The topological polar surface area (TPSA) is 20.2 Å². The third kappa shape index (κ3) is 1.58. The van der Waals surface area contributed by atoms with Crippen molar-refractivity contribution >= 4 is 25.0 Å². The fourth-order valence-corrected chi connectivity index (χ4v) is 2.88. The van der Waals surface area contributed by atoms with E-state index in [4.69, 9.17) is 0 Å². The summed E-state index contributed by atoms with van der Waals surface area (Å²) >= 11 is 0. The molecule has 0 aromatic heterocycles. The van der Waals surface area contributed by atoms with E-state index in [9.17, 15) is 4.80 Å². The lowest BCUT2D eigenvalue weighted by Gasteiger charge is -2.08. The summed E-state index contributed by atoms with van der Waals surface area (Å²) in [6.07, 6.45) is 0. The maximum Gasteiger partial charge on any atom is 0.243 e. The van der Waals surface area contributed by atoms with Gasteiger partial charge in [0.05, 0.1) is 0 Å². The molecule has 0 atom stereocenters. The van der Waals surface area contributed by atoms with E-state index >= 15 is 0 Å². The maximum absolute atomic E-state index is 9.93. The molecule has 71 valence electrons. The SMILES string of the molecule is CC[Si](O)c1cccc2ccccc12. The molecule has 0 heterocycles. The van der Waals surface area contributed by atoms with E-state index in [1.165, 1.54) is 10.8 Å². The minimum absolute atomic E-state index is 0.860. The number of fused-ring (bicyclic) bond motifs is 1. The zero-order valence-corrected chi connectivity index (χ0v) is 9.20. The van der Waals surface area contributed by atoms with Crippen molar-refractivity contribution in [2.45, 2.75) is 13.0 Å². The van der Waals surface area contributed by atoms with Gasteiger partial charge in [0.2, 0.25) is 9.04 Å². The Morgan fingerprint density at radius 3 is 2.57 bits per heavy atom. The van der Waals surface area contributed by atoms with Crippen molar-refractivity contribution in [3.8, 4) is 0 Å². The first-order valence-corrected chi connectivity index (χ1v) is 6.51. The highest BCUT2D eigenvalue weighted by atomic mass is 28.3. The molecule has 0 aliphatic rings. The van der Waals surface area contributed by atoms with Gasteiger partial charge in [0, 0.05) is 0 Å². The standard InChI is InChI=1S/C12H13OSi/c1-2-14(13)12-9-5-7-10-6-3-4-8-11(10)12/h3-9,13H,2H2,1H3. The van der Waals surface area contributed by atoms with Crippen molar-refractivity contribution in [1.82, 2.24) is 0 Å². The number of hydrogen-bond donors (Lipinski definition) is 1. The van der Waals surface area contributed by atoms with Gasteiger partial charge in [-0.25, -0.2) is 0 Å². The minimum Gasteiger partial charge on any atom is -0.427 e. The molecule has 0 unspecified atom stereocenters. The predicted octanol–water partition coefficient (Wildman–Crippen LogP) is 2.05. The van der Waals surface area contributed by atoms with Gasteiger partial charge >= 0.3 is 0 Å². The van der Waals surface area contributed by atoms with Crippen LogP contribution < -0.4 is 5.19 Å². The lowest BCUT2D eigenvalue weighted by molar-refractivity contribution is 0.586. The molecule has 1 radical (unpaired) electrons. The molecule has 1 nitrogen and oxygen atoms in total. The van der Waals surface area contributed by atoms with E-state index in [0.29, 0.717) is 0 Å². The van der Waals surface area contributed by atoms with E-state index in [0.717, 1.165) is 11.2 Å². The van der Waals surface area contributed by atoms with Crippen LogP contribution in [0.5, 0.6) is 0 Å². The Kier molecular flexibility index (Phi) is 2.66. The van der Waals surface area contributed by atoms with Gasteiger partial charge in [0.15, 0.2) is 0 Å². The van der Waals surface area contributed by atoms with Crippen molar-refractivity contribution in [2.75, 3.05) is 0 Å². The first kappa shape index (κ1) is 9.43. The van der Waals surface area contributed by atoms with Gasteiger partial charge in [0.25, 0.3) is 0 Å². The molecule has 2 aromatic carbocycles. The summed E-state index contributed by atoms with van der Waals surface area (Å²) in [5.74, 6) is 0. The molecule has 0 saturated heterocycles. The Hall–Kier alpha value is -1.12. The van der Waals surface area contributed by atoms with E-state index in [-0.39, 0.29) is 0 Å². The van der Waals surface area contributed by atoms with Crippen molar-refractivity contribution in [1.29, 1.82) is 0 Å². The summed E-state index contributed by atoms with van der Waals surface area (Å²) in [5, 5.41) is 3.55. The zero-order chi connectivity index (χ0) is 9.97. The fraction of sp³-hybridized carbons (Fsp3) is 0.167. The second kappa shape index (κ2) is 3.94. The Morgan fingerprint density at radius 1 is 1.07 bits per heavy atom. The second-order valence-electron chi connectivity index (χ2n) is 3.33. The molecular formula is C12H13OSi. The fourth-order valence-electron chi connectivity index (χ4n) is 1.67. The smallest absolute Gasteiger partial charge is 0.243 e. The van der Waals surface area contributed by atoms with Crippen LogP contribution in [0.25, 0.3) is 10.8 Å². The lowest BCUT2D eigenvalue weighted by Crippen LogP contribution is -2.29. The third-order valence-corrected chi connectivity index (χ3v) is 4.16. The average molecular weight is 201 g/mol. The Balaban J connectivity index is 2.65. The Labute approximate surface area is 85.7 Å². The average Bonchev–Trinajstić information content (AvgIpc) is 2.27. The summed E-state index contributed by atoms with van der Waals surface area (Å²) in [6.45, 7) is 2.04. The second-order valence-corrected chi connectivity index (χ2v) is 5.47. The maximum atomic E-state index is 9.93. The highest BCUT2D eigenvalue weighted by Gasteiger charge is 2.11. The highest BCUT2D eigenvalue weighted by molar-refractivity contribution is 6.68. The molecule has 14 heavy (non-hydrogen) atoms. The monoisotopic (exact) mass is 201 g/mol. The summed E-state index contributed by atoms with van der Waals surface area (Å²) in [6, 6.07) is 15.2. The normalized spacial score (nSPS) is 11.1. The molecule has 0 aliphatic heterocycles. The summed E-state index contributed by atoms with van der Waals surface area (Å²) in [7, 11) is -1.33. The van der Waals surface area contributed by atoms with Gasteiger partial charge in [0.1, 0.15) is 0 Å². The van der Waals surface area contributed by atoms with Crippen LogP contribution in [-0.4, -0.2) is 13.8 Å². The number of benzene rings is 2. The summed E-state index contributed by atoms with van der Waals surface area (Å²) in [4.78, 5) is 9.93. The van der Waals surface area contributed by atoms with Gasteiger partial charge in [-0.1, -0.05) is 49.4 Å². The molecule has 0 amide bonds. The third-order valence-electron chi connectivity index (χ3n) is 2.44. The molecule has 0 spiro atoms. The van der Waals surface area contributed by atoms with E-state index in [1.807, 2.05) is 31.2 Å². The lowest BCUT2D eigenvalue weighted by atomic mass is 10.1. The van der Waals surface area contributed by atoms with Crippen LogP contribution in [0.4, 0.5) is 0 Å². The molecule has 1 N–H and O–H groups in total. The van der Waals surface area contributed by atoms with Gasteiger partial charge in [-0.15, -0.1) is 0 Å². The van der Waals surface area contributed by atoms with Crippen molar-refractivity contribution < 1.29 is 4.80 Å². The van der Waals surface area contributed by atoms with Crippen LogP contribution in [0.3, 0.4) is 0 Å². The van der Waals surface area contributed by atoms with Crippen LogP contribution in [0.15, 0.2) is 42.5 Å². The quantitative estimate of drug-likeness (QED) is 0.737. The molecule has 2 heteroatoms. The van der Waals surface area contributed by atoms with Gasteiger partial charge in [-0.05, 0) is 22.0 Å². The molecule has 0 saturated carbocycles. The van der Waals surface area contributed by atoms with Gasteiger partial charge < -0.3 is 4.80 Å². The largest absolute Gasteiger partial charge is 0.427 e. The molecule has 0 bridgehead atoms.